The van der Waals surface area contributed by atoms with Gasteiger partial charge in [-0.1, -0.05) is 12.1 Å². The Morgan fingerprint density at radius 2 is 2.06 bits per heavy atom. The highest BCUT2D eigenvalue weighted by atomic mass is 19.1. The molecule has 0 saturated heterocycles. The van der Waals surface area contributed by atoms with Crippen molar-refractivity contribution in [3.63, 3.8) is 0 Å². The zero-order valence-corrected chi connectivity index (χ0v) is 10.0. The highest BCUT2D eigenvalue weighted by Gasteiger charge is 2.27. The largest absolute Gasteiger partial charge is 0.310 e. The predicted molar refractivity (Wildman–Crippen MR) is 67.0 cm³/mol. The van der Waals surface area contributed by atoms with Crippen molar-refractivity contribution in [3.05, 3.63) is 51.8 Å². The van der Waals surface area contributed by atoms with Gasteiger partial charge in [0.15, 0.2) is 0 Å². The monoisotopic (exact) mass is 244 g/mol. The van der Waals surface area contributed by atoms with E-state index in [-0.39, 0.29) is 11.4 Å². The average molecular weight is 244 g/mol. The van der Waals surface area contributed by atoms with Crippen LogP contribution in [0.15, 0.2) is 29.1 Å². The Hall–Kier alpha value is -1.97. The molecule has 1 N–H and O–H groups in total. The topological polar surface area (TPSA) is 45.8 Å². The molecular weight excluding hydrogens is 231 g/mol. The lowest BCUT2D eigenvalue weighted by molar-refractivity contribution is 0.630. The average Bonchev–Trinajstić information content (AvgIpc) is 3.18. The zero-order chi connectivity index (χ0) is 12.7. The van der Waals surface area contributed by atoms with Crippen molar-refractivity contribution in [2.24, 2.45) is 0 Å². The summed E-state index contributed by atoms with van der Waals surface area (Å²) in [6.07, 6.45) is 2.09. The van der Waals surface area contributed by atoms with Crippen LogP contribution in [-0.4, -0.2) is 9.97 Å². The van der Waals surface area contributed by atoms with Gasteiger partial charge in [0.25, 0.3) is 5.56 Å². The van der Waals surface area contributed by atoms with Gasteiger partial charge in [-0.3, -0.25) is 4.79 Å². The Balaban J connectivity index is 2.22. The Kier molecular flexibility index (Phi) is 2.51. The summed E-state index contributed by atoms with van der Waals surface area (Å²) < 4.78 is 13.8. The molecule has 92 valence electrons. The maximum Gasteiger partial charge on any atom is 0.254 e. The molecule has 0 spiro atoms. The molecule has 3 nitrogen and oxygen atoms in total. The number of nitrogens with one attached hydrogen (secondary N) is 1. The molecular formula is C14H13FN2O. The lowest BCUT2D eigenvalue weighted by Crippen LogP contribution is -2.16. The minimum Gasteiger partial charge on any atom is -0.310 e. The Bertz CT molecular complexity index is 659. The fourth-order valence-corrected chi connectivity index (χ4v) is 2.02. The molecule has 1 fully saturated rings. The van der Waals surface area contributed by atoms with Crippen molar-refractivity contribution in [1.29, 1.82) is 0 Å². The molecule has 0 amide bonds. The maximum absolute atomic E-state index is 13.8. The third kappa shape index (κ3) is 1.83. The fourth-order valence-electron chi connectivity index (χ4n) is 2.02. The number of nitrogens with zero attached hydrogens (tertiary/aromatic N) is 1. The predicted octanol–water partition coefficient (Wildman–Crippen LogP) is 2.76. The standard InChI is InChI=1S/C14H13FN2O/c1-8-12(10-4-2-3-5-11(10)15)16-13(9-6-7-9)17-14(8)18/h2-5,9H,6-7H2,1H3,(H,16,17,18). The first-order valence-electron chi connectivity index (χ1n) is 6.02. The molecule has 2 aromatic rings. The van der Waals surface area contributed by atoms with Crippen LogP contribution in [0, 0.1) is 12.7 Å². The second-order valence-corrected chi connectivity index (χ2v) is 4.68. The number of aromatic nitrogens is 2. The molecule has 18 heavy (non-hydrogen) atoms. The van der Waals surface area contributed by atoms with Crippen LogP contribution in [0.4, 0.5) is 4.39 Å². The molecule has 1 aromatic carbocycles. The second-order valence-electron chi connectivity index (χ2n) is 4.68. The SMILES string of the molecule is Cc1c(-c2ccccc2F)nc(C2CC2)[nH]c1=O. The Morgan fingerprint density at radius 3 is 2.72 bits per heavy atom. The highest BCUT2D eigenvalue weighted by molar-refractivity contribution is 5.63. The van der Waals surface area contributed by atoms with Crippen LogP contribution in [0.3, 0.4) is 0 Å². The molecule has 0 unspecified atom stereocenters. The fraction of sp³-hybridized carbons (Fsp3) is 0.286. The van der Waals surface area contributed by atoms with E-state index in [0.29, 0.717) is 28.6 Å². The molecule has 0 radical (unpaired) electrons. The minimum absolute atomic E-state index is 0.176. The molecule has 0 aliphatic heterocycles. The number of H-pyrrole nitrogens is 1. The van der Waals surface area contributed by atoms with Crippen molar-refractivity contribution in [2.45, 2.75) is 25.7 Å². The highest BCUT2D eigenvalue weighted by Crippen LogP contribution is 2.38. The van der Waals surface area contributed by atoms with Crippen molar-refractivity contribution >= 4 is 0 Å². The summed E-state index contributed by atoms with van der Waals surface area (Å²) in [4.78, 5) is 19.1. The van der Waals surface area contributed by atoms with Gasteiger partial charge in [-0.25, -0.2) is 9.37 Å². The number of halogens is 1. The van der Waals surface area contributed by atoms with Crippen LogP contribution in [0.25, 0.3) is 11.3 Å². The maximum atomic E-state index is 13.8. The second kappa shape index (κ2) is 4.05. The minimum atomic E-state index is -0.347. The van der Waals surface area contributed by atoms with Gasteiger partial charge < -0.3 is 4.98 Å². The Labute approximate surface area is 104 Å². The van der Waals surface area contributed by atoms with Gasteiger partial charge in [0.1, 0.15) is 11.6 Å². The van der Waals surface area contributed by atoms with Gasteiger partial charge in [0.2, 0.25) is 0 Å². The van der Waals surface area contributed by atoms with Gasteiger partial charge in [0, 0.05) is 17.0 Å². The number of benzene rings is 1. The zero-order valence-electron chi connectivity index (χ0n) is 10.0. The lowest BCUT2D eigenvalue weighted by atomic mass is 10.1. The van der Waals surface area contributed by atoms with E-state index in [9.17, 15) is 9.18 Å². The number of aromatic amines is 1. The first-order chi connectivity index (χ1) is 8.66. The molecule has 4 heteroatoms. The summed E-state index contributed by atoms with van der Waals surface area (Å²) in [6, 6.07) is 6.41. The summed E-state index contributed by atoms with van der Waals surface area (Å²) in [5.74, 6) is 0.674. The van der Waals surface area contributed by atoms with Gasteiger partial charge in [0.05, 0.1) is 5.69 Å². The van der Waals surface area contributed by atoms with Crippen LogP contribution >= 0.6 is 0 Å². The van der Waals surface area contributed by atoms with E-state index in [0.717, 1.165) is 12.8 Å². The summed E-state index contributed by atoms with van der Waals surface area (Å²) in [7, 11) is 0. The van der Waals surface area contributed by atoms with Gasteiger partial charge in [-0.2, -0.15) is 0 Å². The van der Waals surface area contributed by atoms with Crippen molar-refractivity contribution in [2.75, 3.05) is 0 Å². The smallest absolute Gasteiger partial charge is 0.254 e. The van der Waals surface area contributed by atoms with Gasteiger partial charge >= 0.3 is 0 Å². The summed E-state index contributed by atoms with van der Waals surface area (Å²) >= 11 is 0. The van der Waals surface area contributed by atoms with Gasteiger partial charge in [-0.05, 0) is 31.9 Å². The van der Waals surface area contributed by atoms with Crippen LogP contribution in [0.2, 0.25) is 0 Å². The van der Waals surface area contributed by atoms with Gasteiger partial charge in [-0.15, -0.1) is 0 Å². The van der Waals surface area contributed by atoms with E-state index in [1.165, 1.54) is 6.07 Å². The third-order valence-electron chi connectivity index (χ3n) is 3.26. The van der Waals surface area contributed by atoms with Crippen LogP contribution in [0.1, 0.15) is 30.1 Å². The van der Waals surface area contributed by atoms with Crippen molar-refractivity contribution in [3.8, 4) is 11.3 Å². The molecule has 1 heterocycles. The van der Waals surface area contributed by atoms with E-state index in [1.807, 2.05) is 0 Å². The summed E-state index contributed by atoms with van der Waals surface area (Å²) in [6.45, 7) is 1.67. The molecule has 1 aromatic heterocycles. The number of rotatable bonds is 2. The number of hydrogen-bond donors (Lipinski definition) is 1. The van der Waals surface area contributed by atoms with E-state index in [1.54, 1.807) is 25.1 Å². The van der Waals surface area contributed by atoms with Crippen LogP contribution in [0.5, 0.6) is 0 Å². The quantitative estimate of drug-likeness (QED) is 0.882. The first kappa shape index (κ1) is 11.1. The molecule has 0 bridgehead atoms. The van der Waals surface area contributed by atoms with Crippen molar-refractivity contribution < 1.29 is 4.39 Å². The van der Waals surface area contributed by atoms with E-state index in [2.05, 4.69) is 9.97 Å². The van der Waals surface area contributed by atoms with Crippen LogP contribution in [-0.2, 0) is 0 Å². The van der Waals surface area contributed by atoms with E-state index in [4.69, 9.17) is 0 Å². The summed E-state index contributed by atoms with van der Waals surface area (Å²) in [5, 5.41) is 0. The van der Waals surface area contributed by atoms with Crippen molar-refractivity contribution in [1.82, 2.24) is 9.97 Å². The van der Waals surface area contributed by atoms with E-state index < -0.39 is 0 Å². The van der Waals surface area contributed by atoms with E-state index >= 15 is 0 Å². The molecule has 1 aliphatic rings. The molecule has 0 atom stereocenters. The normalized spacial score (nSPS) is 14.8. The number of hydrogen-bond acceptors (Lipinski definition) is 2. The molecule has 1 aliphatic carbocycles. The lowest BCUT2D eigenvalue weighted by Gasteiger charge is -2.08. The molecule has 3 rings (SSSR count). The first-order valence-corrected chi connectivity index (χ1v) is 6.02. The van der Waals surface area contributed by atoms with Crippen LogP contribution < -0.4 is 5.56 Å². The Morgan fingerprint density at radius 1 is 1.33 bits per heavy atom. The molecule has 1 saturated carbocycles. The summed E-state index contributed by atoms with van der Waals surface area (Å²) in [5.41, 5.74) is 1.14. The third-order valence-corrected chi connectivity index (χ3v) is 3.26.